The van der Waals surface area contributed by atoms with Crippen LogP contribution in [0.4, 0.5) is 0 Å². The number of benzene rings is 1. The van der Waals surface area contributed by atoms with Crippen molar-refractivity contribution < 1.29 is 4.74 Å². The third-order valence-corrected chi connectivity index (χ3v) is 4.09. The van der Waals surface area contributed by atoms with Crippen LogP contribution in [0.2, 0.25) is 0 Å². The maximum absolute atomic E-state index is 5.12. The fraction of sp³-hybridized carbons (Fsp3) is 0.412. The second-order valence-electron chi connectivity index (χ2n) is 5.16. The molecule has 0 fully saturated rings. The summed E-state index contributed by atoms with van der Waals surface area (Å²) in [5, 5.41) is 7.64. The molecular formula is C17H25IN4OS. The molecule has 1 aromatic heterocycles. The number of aromatic nitrogens is 1. The molecule has 0 aliphatic carbocycles. The van der Waals surface area contributed by atoms with Crippen molar-refractivity contribution in [2.45, 2.75) is 33.5 Å². The highest BCUT2D eigenvalue weighted by Gasteiger charge is 2.02. The lowest BCUT2D eigenvalue weighted by Gasteiger charge is -2.10. The summed E-state index contributed by atoms with van der Waals surface area (Å²) in [7, 11) is 1.70. The van der Waals surface area contributed by atoms with Crippen molar-refractivity contribution in [3.8, 4) is 0 Å². The first-order valence-corrected chi connectivity index (χ1v) is 8.53. The van der Waals surface area contributed by atoms with Gasteiger partial charge < -0.3 is 15.4 Å². The summed E-state index contributed by atoms with van der Waals surface area (Å²) in [4.78, 5) is 10.2. The van der Waals surface area contributed by atoms with E-state index in [1.165, 1.54) is 16.0 Å². The summed E-state index contributed by atoms with van der Waals surface area (Å²) in [5.74, 6) is 0.807. The Kier molecular flexibility index (Phi) is 9.89. The van der Waals surface area contributed by atoms with Crippen LogP contribution in [0.15, 0.2) is 35.5 Å². The zero-order valence-corrected chi connectivity index (χ0v) is 17.5. The monoisotopic (exact) mass is 460 g/mol. The SMILES string of the molecule is CCNC(=NCc1ccc(COC)cc1)NCc1ncc(C)s1.I. The molecule has 0 saturated heterocycles. The minimum Gasteiger partial charge on any atom is -0.380 e. The average Bonchev–Trinajstić information content (AvgIpc) is 2.97. The van der Waals surface area contributed by atoms with Crippen LogP contribution in [0.25, 0.3) is 0 Å². The lowest BCUT2D eigenvalue weighted by Crippen LogP contribution is -2.36. The van der Waals surface area contributed by atoms with E-state index in [0.717, 1.165) is 17.5 Å². The van der Waals surface area contributed by atoms with Gasteiger partial charge in [0.2, 0.25) is 0 Å². The Labute approximate surface area is 165 Å². The number of hydrogen-bond donors (Lipinski definition) is 2. The summed E-state index contributed by atoms with van der Waals surface area (Å²) in [6.07, 6.45) is 1.90. The third kappa shape index (κ3) is 7.14. The first-order valence-electron chi connectivity index (χ1n) is 7.71. The predicted octanol–water partition coefficient (Wildman–Crippen LogP) is 3.47. The van der Waals surface area contributed by atoms with Gasteiger partial charge in [0, 0.05) is 24.7 Å². The minimum absolute atomic E-state index is 0. The normalized spacial score (nSPS) is 11.0. The Morgan fingerprint density at radius 3 is 2.50 bits per heavy atom. The Balaban J connectivity index is 0.00000288. The summed E-state index contributed by atoms with van der Waals surface area (Å²) >= 11 is 1.70. The van der Waals surface area contributed by atoms with E-state index >= 15 is 0 Å². The van der Waals surface area contributed by atoms with Gasteiger partial charge >= 0.3 is 0 Å². The first-order chi connectivity index (χ1) is 11.2. The molecule has 0 aliphatic heterocycles. The van der Waals surface area contributed by atoms with Crippen molar-refractivity contribution in [3.05, 3.63) is 51.5 Å². The van der Waals surface area contributed by atoms with Crippen molar-refractivity contribution in [2.75, 3.05) is 13.7 Å². The van der Waals surface area contributed by atoms with E-state index in [1.54, 1.807) is 18.4 Å². The first kappa shape index (κ1) is 20.9. The van der Waals surface area contributed by atoms with Gasteiger partial charge in [0.15, 0.2) is 5.96 Å². The van der Waals surface area contributed by atoms with Crippen molar-refractivity contribution in [1.82, 2.24) is 15.6 Å². The van der Waals surface area contributed by atoms with E-state index < -0.39 is 0 Å². The van der Waals surface area contributed by atoms with Gasteiger partial charge in [-0.2, -0.15) is 0 Å². The fourth-order valence-electron chi connectivity index (χ4n) is 2.06. The van der Waals surface area contributed by atoms with Crippen LogP contribution in [0.1, 0.15) is 27.9 Å². The van der Waals surface area contributed by atoms with Crippen molar-refractivity contribution >= 4 is 41.3 Å². The second kappa shape index (κ2) is 11.4. The quantitative estimate of drug-likeness (QED) is 0.378. The van der Waals surface area contributed by atoms with Crippen molar-refractivity contribution in [2.24, 2.45) is 4.99 Å². The lowest BCUT2D eigenvalue weighted by molar-refractivity contribution is 0.185. The summed E-state index contributed by atoms with van der Waals surface area (Å²) in [5.41, 5.74) is 2.34. The standard InChI is InChI=1S/C17H24N4OS.HI/c1-4-18-17(21-11-16-19-9-13(2)23-16)20-10-14-5-7-15(8-6-14)12-22-3;/h5-9H,4,10-12H2,1-3H3,(H2,18,20,21);1H. The van der Waals surface area contributed by atoms with E-state index in [-0.39, 0.29) is 24.0 Å². The van der Waals surface area contributed by atoms with Gasteiger partial charge in [-0.1, -0.05) is 24.3 Å². The van der Waals surface area contributed by atoms with Gasteiger partial charge in [0.25, 0.3) is 0 Å². The van der Waals surface area contributed by atoms with Crippen LogP contribution in [0, 0.1) is 6.92 Å². The fourth-order valence-corrected chi connectivity index (χ4v) is 2.79. The topological polar surface area (TPSA) is 58.5 Å². The van der Waals surface area contributed by atoms with Gasteiger partial charge in [-0.05, 0) is 25.0 Å². The van der Waals surface area contributed by atoms with Gasteiger partial charge in [0.05, 0.1) is 19.7 Å². The molecular weight excluding hydrogens is 435 g/mol. The van der Waals surface area contributed by atoms with Crippen LogP contribution in [-0.2, 0) is 24.4 Å². The van der Waals surface area contributed by atoms with Crippen molar-refractivity contribution in [3.63, 3.8) is 0 Å². The summed E-state index contributed by atoms with van der Waals surface area (Å²) in [6.45, 7) is 6.92. The maximum Gasteiger partial charge on any atom is 0.191 e. The number of aryl methyl sites for hydroxylation is 1. The maximum atomic E-state index is 5.12. The zero-order chi connectivity index (χ0) is 16.5. The largest absolute Gasteiger partial charge is 0.380 e. The van der Waals surface area contributed by atoms with E-state index in [0.29, 0.717) is 19.7 Å². The zero-order valence-electron chi connectivity index (χ0n) is 14.3. The number of halogens is 1. The molecule has 7 heteroatoms. The van der Waals surface area contributed by atoms with Crippen LogP contribution in [0.3, 0.4) is 0 Å². The summed E-state index contributed by atoms with van der Waals surface area (Å²) in [6, 6.07) is 8.33. The third-order valence-electron chi connectivity index (χ3n) is 3.17. The van der Waals surface area contributed by atoms with E-state index in [9.17, 15) is 0 Å². The van der Waals surface area contributed by atoms with E-state index in [2.05, 4.69) is 58.7 Å². The molecule has 0 bridgehead atoms. The van der Waals surface area contributed by atoms with Gasteiger partial charge in [-0.25, -0.2) is 9.98 Å². The molecule has 0 atom stereocenters. The highest BCUT2D eigenvalue weighted by molar-refractivity contribution is 14.0. The Hall–Kier alpha value is -1.19. The van der Waals surface area contributed by atoms with Crippen LogP contribution < -0.4 is 10.6 Å². The number of rotatable bonds is 7. The molecule has 5 nitrogen and oxygen atoms in total. The molecule has 0 spiro atoms. The van der Waals surface area contributed by atoms with Gasteiger partial charge in [-0.15, -0.1) is 35.3 Å². The number of methoxy groups -OCH3 is 1. The van der Waals surface area contributed by atoms with Crippen LogP contribution >= 0.6 is 35.3 Å². The molecule has 2 rings (SSSR count). The number of thiazole rings is 1. The molecule has 0 radical (unpaired) electrons. The Morgan fingerprint density at radius 1 is 1.21 bits per heavy atom. The number of hydrogen-bond acceptors (Lipinski definition) is 4. The predicted molar refractivity (Wildman–Crippen MR) is 111 cm³/mol. The number of nitrogens with one attached hydrogen (secondary N) is 2. The molecule has 132 valence electrons. The summed E-state index contributed by atoms with van der Waals surface area (Å²) < 4.78 is 5.12. The molecule has 24 heavy (non-hydrogen) atoms. The molecule has 2 N–H and O–H groups in total. The molecule has 0 aliphatic rings. The van der Waals surface area contributed by atoms with Gasteiger partial charge in [0.1, 0.15) is 5.01 Å². The number of ether oxygens (including phenoxy) is 1. The molecule has 0 unspecified atom stereocenters. The molecule has 0 saturated carbocycles. The number of aliphatic imine (C=N–C) groups is 1. The molecule has 1 aromatic carbocycles. The lowest BCUT2D eigenvalue weighted by atomic mass is 10.1. The molecule has 2 aromatic rings. The number of nitrogens with zero attached hydrogens (tertiary/aromatic N) is 2. The number of guanidine groups is 1. The Morgan fingerprint density at radius 2 is 1.92 bits per heavy atom. The van der Waals surface area contributed by atoms with E-state index in [1.807, 2.05) is 6.20 Å². The second-order valence-corrected chi connectivity index (χ2v) is 6.48. The molecule has 0 amide bonds. The van der Waals surface area contributed by atoms with Crippen molar-refractivity contribution in [1.29, 1.82) is 0 Å². The van der Waals surface area contributed by atoms with Gasteiger partial charge in [-0.3, -0.25) is 0 Å². The average molecular weight is 460 g/mol. The van der Waals surface area contributed by atoms with E-state index in [4.69, 9.17) is 4.74 Å². The van der Waals surface area contributed by atoms with Crippen LogP contribution in [-0.4, -0.2) is 24.6 Å². The smallest absolute Gasteiger partial charge is 0.191 e. The minimum atomic E-state index is 0. The molecule has 1 heterocycles. The Bertz CT molecular complexity index is 628. The highest BCUT2D eigenvalue weighted by Crippen LogP contribution is 2.10. The van der Waals surface area contributed by atoms with Crippen LogP contribution in [0.5, 0.6) is 0 Å². The highest BCUT2D eigenvalue weighted by atomic mass is 127.